The summed E-state index contributed by atoms with van der Waals surface area (Å²) in [4.78, 5) is 47.8. The van der Waals surface area contributed by atoms with Crippen molar-refractivity contribution in [2.45, 2.75) is 81.8 Å². The molecule has 2 fully saturated rings. The number of anilines is 1. The lowest BCUT2D eigenvalue weighted by Gasteiger charge is -2.37. The normalized spacial score (nSPS) is 18.2. The lowest BCUT2D eigenvalue weighted by molar-refractivity contribution is -0.139. The van der Waals surface area contributed by atoms with Crippen molar-refractivity contribution in [3.05, 3.63) is 52.1 Å². The lowest BCUT2D eigenvalue weighted by atomic mass is 9.92. The summed E-state index contributed by atoms with van der Waals surface area (Å²) < 4.78 is 0.854. The molecule has 1 saturated carbocycles. The maximum absolute atomic E-state index is 13.7. The number of imide groups is 1. The van der Waals surface area contributed by atoms with Gasteiger partial charge in [-0.1, -0.05) is 60.3 Å². The third kappa shape index (κ3) is 6.42. The molecule has 4 rings (SSSR count). The van der Waals surface area contributed by atoms with Gasteiger partial charge in [-0.25, -0.2) is 9.88 Å². The van der Waals surface area contributed by atoms with Gasteiger partial charge in [-0.15, -0.1) is 0 Å². The number of rotatable bonds is 9. The van der Waals surface area contributed by atoms with E-state index >= 15 is 0 Å². The Morgan fingerprint density at radius 2 is 1.89 bits per heavy atom. The summed E-state index contributed by atoms with van der Waals surface area (Å²) in [6, 6.07) is 12.0. The molecule has 2 aliphatic rings. The van der Waals surface area contributed by atoms with Crippen LogP contribution in [0.4, 0.5) is 5.69 Å². The number of benzene rings is 1. The third-order valence-corrected chi connectivity index (χ3v) is 8.46. The Hall–Kier alpha value is -2.70. The van der Waals surface area contributed by atoms with Crippen LogP contribution in [0.25, 0.3) is 0 Å². The number of halogens is 1. The number of hydrogen-bond donors (Lipinski definition) is 0. The molecule has 1 aliphatic carbocycles. The molecule has 3 amide bonds. The minimum atomic E-state index is -0.813. The molecule has 194 valence electrons. The number of carbonyl (C=O) groups is 3. The number of aromatic nitrogens is 1. The molecule has 1 atom stereocenters. The molecule has 1 aliphatic heterocycles. The molecule has 1 saturated heterocycles. The fourth-order valence-electron chi connectivity index (χ4n) is 5.06. The first-order valence-electron chi connectivity index (χ1n) is 12.9. The highest BCUT2D eigenvalue weighted by atomic mass is 79.9. The van der Waals surface area contributed by atoms with Crippen molar-refractivity contribution < 1.29 is 14.4 Å². The van der Waals surface area contributed by atoms with Crippen molar-refractivity contribution in [2.75, 3.05) is 10.7 Å². The van der Waals surface area contributed by atoms with Crippen molar-refractivity contribution in [3.8, 4) is 6.07 Å². The second-order valence-electron chi connectivity index (χ2n) is 9.52. The number of amides is 3. The van der Waals surface area contributed by atoms with Crippen molar-refractivity contribution in [2.24, 2.45) is 0 Å². The van der Waals surface area contributed by atoms with Gasteiger partial charge in [0, 0.05) is 16.2 Å². The summed E-state index contributed by atoms with van der Waals surface area (Å²) in [5.41, 5.74) is 1.86. The van der Waals surface area contributed by atoms with Gasteiger partial charge in [0.2, 0.25) is 11.8 Å². The van der Waals surface area contributed by atoms with Gasteiger partial charge in [-0.3, -0.25) is 14.4 Å². The van der Waals surface area contributed by atoms with Gasteiger partial charge in [0.05, 0.1) is 23.4 Å². The zero-order valence-corrected chi connectivity index (χ0v) is 23.4. The van der Waals surface area contributed by atoms with Crippen LogP contribution in [0.15, 0.2) is 45.9 Å². The summed E-state index contributed by atoms with van der Waals surface area (Å²) >= 11 is 4.62. The summed E-state index contributed by atoms with van der Waals surface area (Å²) in [6.45, 7) is 2.12. The zero-order valence-electron chi connectivity index (χ0n) is 21.0. The van der Waals surface area contributed by atoms with E-state index in [4.69, 9.17) is 0 Å². The van der Waals surface area contributed by atoms with Crippen molar-refractivity contribution in [3.63, 3.8) is 0 Å². The van der Waals surface area contributed by atoms with Gasteiger partial charge in [-0.05, 0) is 62.1 Å². The smallest absolute Gasteiger partial charge is 0.257 e. The van der Waals surface area contributed by atoms with Crippen LogP contribution in [0.1, 0.15) is 69.5 Å². The third-order valence-electron chi connectivity index (χ3n) is 6.96. The van der Waals surface area contributed by atoms with Crippen molar-refractivity contribution >= 4 is 51.1 Å². The van der Waals surface area contributed by atoms with Gasteiger partial charge < -0.3 is 4.90 Å². The average Bonchev–Trinajstić information content (AvgIpc) is 3.20. The Balaban J connectivity index is 1.55. The summed E-state index contributed by atoms with van der Waals surface area (Å²) in [7, 11) is 0. The largest absolute Gasteiger partial charge is 0.326 e. The molecular formula is C28H31BrN4O3S. The maximum atomic E-state index is 13.7. The minimum absolute atomic E-state index is 0.0179. The Labute approximate surface area is 230 Å². The Kier molecular flexibility index (Phi) is 9.38. The Morgan fingerprint density at radius 3 is 2.57 bits per heavy atom. The standard InChI is InChI=1S/C28H31BrN4O3S/c1-2-3-7-21-13-10-19(17-30)27(31-21)37-18-26(35)32(22-8-5-4-6-9-22)24-16-25(34)33(28(24)36)23-14-11-20(29)12-15-23/h10-15,22,24H,2-9,16,18H2,1H3. The number of carbonyl (C=O) groups excluding carboxylic acids is 3. The monoisotopic (exact) mass is 582 g/mol. The molecule has 0 spiro atoms. The number of nitriles is 1. The van der Waals surface area contributed by atoms with E-state index in [1.165, 1.54) is 16.7 Å². The zero-order chi connectivity index (χ0) is 26.4. The van der Waals surface area contributed by atoms with Crippen LogP contribution in [0.3, 0.4) is 0 Å². The molecule has 0 N–H and O–H groups in total. The van der Waals surface area contributed by atoms with E-state index in [1.807, 2.05) is 6.07 Å². The van der Waals surface area contributed by atoms with E-state index in [2.05, 4.69) is 33.9 Å². The first kappa shape index (κ1) is 27.3. The van der Waals surface area contributed by atoms with Gasteiger partial charge in [-0.2, -0.15) is 5.26 Å². The van der Waals surface area contributed by atoms with Crippen LogP contribution in [-0.4, -0.2) is 45.4 Å². The van der Waals surface area contributed by atoms with E-state index < -0.39 is 6.04 Å². The molecule has 1 aromatic heterocycles. The predicted molar refractivity (Wildman–Crippen MR) is 147 cm³/mol. The molecule has 9 heteroatoms. The molecule has 7 nitrogen and oxygen atoms in total. The highest BCUT2D eigenvalue weighted by molar-refractivity contribution is 9.10. The van der Waals surface area contributed by atoms with Crippen LogP contribution in [0, 0.1) is 11.3 Å². The Morgan fingerprint density at radius 1 is 1.16 bits per heavy atom. The fourth-order valence-corrected chi connectivity index (χ4v) is 6.19. The Bertz CT molecular complexity index is 1190. The van der Waals surface area contributed by atoms with Crippen molar-refractivity contribution in [1.29, 1.82) is 5.26 Å². The van der Waals surface area contributed by atoms with Gasteiger partial charge in [0.1, 0.15) is 17.1 Å². The maximum Gasteiger partial charge on any atom is 0.257 e. The highest BCUT2D eigenvalue weighted by Crippen LogP contribution is 2.33. The molecular weight excluding hydrogens is 552 g/mol. The van der Waals surface area contributed by atoms with Gasteiger partial charge in [0.15, 0.2) is 0 Å². The number of thioether (sulfide) groups is 1. The molecule has 2 aromatic rings. The summed E-state index contributed by atoms with van der Waals surface area (Å²) in [5.74, 6) is -0.777. The lowest BCUT2D eigenvalue weighted by Crippen LogP contribution is -2.52. The summed E-state index contributed by atoms with van der Waals surface area (Å²) in [5, 5.41) is 10.1. The van der Waals surface area contributed by atoms with E-state index in [0.717, 1.165) is 61.5 Å². The second kappa shape index (κ2) is 12.7. The van der Waals surface area contributed by atoms with Crippen LogP contribution >= 0.6 is 27.7 Å². The molecule has 1 aromatic carbocycles. The van der Waals surface area contributed by atoms with Crippen LogP contribution in [0.5, 0.6) is 0 Å². The van der Waals surface area contributed by atoms with E-state index in [-0.39, 0.29) is 35.9 Å². The van der Waals surface area contributed by atoms with Crippen LogP contribution in [0.2, 0.25) is 0 Å². The minimum Gasteiger partial charge on any atom is -0.326 e. The molecule has 0 bridgehead atoms. The molecule has 1 unspecified atom stereocenters. The van der Waals surface area contributed by atoms with E-state index in [0.29, 0.717) is 16.3 Å². The SMILES string of the molecule is CCCCc1ccc(C#N)c(SCC(=O)N(C2CCCCC2)C2CC(=O)N(c3ccc(Br)cc3)C2=O)n1. The number of aryl methyl sites for hydroxylation is 1. The fraction of sp³-hybridized carbons (Fsp3) is 0.464. The van der Waals surface area contributed by atoms with Gasteiger partial charge in [0.25, 0.3) is 5.91 Å². The second-order valence-corrected chi connectivity index (χ2v) is 11.4. The molecule has 2 heterocycles. The van der Waals surface area contributed by atoms with E-state index in [9.17, 15) is 19.6 Å². The molecule has 37 heavy (non-hydrogen) atoms. The molecule has 0 radical (unpaired) electrons. The number of hydrogen-bond acceptors (Lipinski definition) is 6. The average molecular weight is 584 g/mol. The first-order valence-corrected chi connectivity index (χ1v) is 14.7. The predicted octanol–water partition coefficient (Wildman–Crippen LogP) is 5.64. The van der Waals surface area contributed by atoms with Gasteiger partial charge >= 0.3 is 0 Å². The number of unbranched alkanes of at least 4 members (excludes halogenated alkanes) is 1. The number of nitrogens with zero attached hydrogens (tertiary/aromatic N) is 4. The highest BCUT2D eigenvalue weighted by Gasteiger charge is 2.46. The van der Waals surface area contributed by atoms with Crippen LogP contribution < -0.4 is 4.90 Å². The van der Waals surface area contributed by atoms with Crippen molar-refractivity contribution in [1.82, 2.24) is 9.88 Å². The topological polar surface area (TPSA) is 94.4 Å². The van der Waals surface area contributed by atoms with E-state index in [1.54, 1.807) is 35.2 Å². The summed E-state index contributed by atoms with van der Waals surface area (Å²) in [6.07, 6.45) is 7.59. The first-order chi connectivity index (χ1) is 17.9. The quantitative estimate of drug-likeness (QED) is 0.280. The number of pyridine rings is 1. The van der Waals surface area contributed by atoms with Crippen LogP contribution in [-0.2, 0) is 20.8 Å².